The fourth-order valence-electron chi connectivity index (χ4n) is 2.32. The number of benzene rings is 2. The van der Waals surface area contributed by atoms with Gasteiger partial charge in [0, 0.05) is 11.1 Å². The smallest absolute Gasteiger partial charge is 0.451 e. The summed E-state index contributed by atoms with van der Waals surface area (Å²) in [5.74, 6) is -2.43. The molecule has 25 heavy (non-hydrogen) atoms. The van der Waals surface area contributed by atoms with Crippen LogP contribution in [-0.2, 0) is 6.18 Å². The second-order valence-corrected chi connectivity index (χ2v) is 5.37. The molecule has 2 N–H and O–H groups in total. The van der Waals surface area contributed by atoms with Gasteiger partial charge < -0.3 is 10.4 Å². The van der Waals surface area contributed by atoms with Crippen LogP contribution in [0, 0.1) is 6.92 Å². The summed E-state index contributed by atoms with van der Waals surface area (Å²) in [6, 6.07) is 10.6. The Hall–Kier alpha value is -3.16. The van der Waals surface area contributed by atoms with Gasteiger partial charge in [-0.15, -0.1) is 0 Å². The fraction of sp³-hybridized carbons (Fsp3) is 0.118. The first-order valence-electron chi connectivity index (χ1n) is 7.20. The summed E-state index contributed by atoms with van der Waals surface area (Å²) in [4.78, 5) is 18.2. The first-order chi connectivity index (χ1) is 11.8. The number of aryl methyl sites for hydroxylation is 1. The highest BCUT2D eigenvalue weighted by molar-refractivity contribution is 5.93. The van der Waals surface area contributed by atoms with Gasteiger partial charge in [-0.25, -0.2) is 14.8 Å². The van der Waals surface area contributed by atoms with E-state index in [4.69, 9.17) is 5.11 Å². The van der Waals surface area contributed by atoms with Crippen LogP contribution in [0.1, 0.15) is 21.7 Å². The first kappa shape index (κ1) is 16.7. The predicted molar refractivity (Wildman–Crippen MR) is 86.0 cm³/mol. The molecule has 8 heteroatoms. The van der Waals surface area contributed by atoms with Gasteiger partial charge in [-0.1, -0.05) is 18.2 Å². The zero-order valence-corrected chi connectivity index (χ0v) is 12.9. The Balaban J connectivity index is 2.15. The summed E-state index contributed by atoms with van der Waals surface area (Å²) < 4.78 is 39.2. The van der Waals surface area contributed by atoms with Gasteiger partial charge >= 0.3 is 12.1 Å². The third-order valence-corrected chi connectivity index (χ3v) is 3.59. The molecule has 0 saturated carbocycles. The van der Waals surface area contributed by atoms with Crippen LogP contribution in [0.2, 0.25) is 0 Å². The van der Waals surface area contributed by atoms with Gasteiger partial charge in [0.05, 0.1) is 11.1 Å². The fourth-order valence-corrected chi connectivity index (χ4v) is 2.32. The number of aromatic nitrogens is 2. The van der Waals surface area contributed by atoms with Crippen LogP contribution in [0.25, 0.3) is 10.9 Å². The van der Waals surface area contributed by atoms with Crippen LogP contribution in [0.3, 0.4) is 0 Å². The van der Waals surface area contributed by atoms with Crippen molar-refractivity contribution in [1.29, 1.82) is 0 Å². The SMILES string of the molecule is Cc1ccc(C(=O)O)cc1Nc1nc(C(F)(F)F)nc2ccccc12. The highest BCUT2D eigenvalue weighted by Gasteiger charge is 2.35. The van der Waals surface area contributed by atoms with Crippen molar-refractivity contribution < 1.29 is 23.1 Å². The lowest BCUT2D eigenvalue weighted by Gasteiger charge is -2.14. The Morgan fingerprint density at radius 3 is 2.52 bits per heavy atom. The van der Waals surface area contributed by atoms with Gasteiger partial charge in [-0.05, 0) is 36.8 Å². The van der Waals surface area contributed by atoms with Crippen molar-refractivity contribution in [2.24, 2.45) is 0 Å². The Morgan fingerprint density at radius 2 is 1.84 bits per heavy atom. The monoisotopic (exact) mass is 347 g/mol. The van der Waals surface area contributed by atoms with Gasteiger partial charge in [0.1, 0.15) is 5.82 Å². The number of carbonyl (C=O) groups is 1. The van der Waals surface area contributed by atoms with E-state index in [-0.39, 0.29) is 16.9 Å². The van der Waals surface area contributed by atoms with Gasteiger partial charge in [-0.3, -0.25) is 0 Å². The number of hydrogen-bond donors (Lipinski definition) is 2. The van der Waals surface area contributed by atoms with E-state index in [1.165, 1.54) is 18.2 Å². The van der Waals surface area contributed by atoms with Crippen molar-refractivity contribution >= 4 is 28.4 Å². The van der Waals surface area contributed by atoms with E-state index in [9.17, 15) is 18.0 Å². The molecule has 0 fully saturated rings. The Morgan fingerprint density at radius 1 is 1.12 bits per heavy atom. The molecule has 0 spiro atoms. The molecule has 3 rings (SSSR count). The zero-order valence-electron chi connectivity index (χ0n) is 12.9. The number of nitrogens with zero attached hydrogens (tertiary/aromatic N) is 2. The Labute approximate surface area is 140 Å². The van der Waals surface area contributed by atoms with Gasteiger partial charge in [-0.2, -0.15) is 13.2 Å². The molecule has 1 heterocycles. The van der Waals surface area contributed by atoms with Gasteiger partial charge in [0.15, 0.2) is 0 Å². The number of anilines is 2. The predicted octanol–water partition coefficient (Wildman–Crippen LogP) is 4.40. The van der Waals surface area contributed by atoms with E-state index in [0.29, 0.717) is 16.6 Å². The standard InChI is InChI=1S/C17H12F3N3O2/c1-9-6-7-10(15(24)25)8-13(9)21-14-11-4-2-3-5-12(11)22-16(23-14)17(18,19)20/h2-8H,1H3,(H,24,25)(H,21,22,23). The highest BCUT2D eigenvalue weighted by atomic mass is 19.4. The molecule has 0 radical (unpaired) electrons. The van der Waals surface area contributed by atoms with Crippen molar-refractivity contribution in [3.63, 3.8) is 0 Å². The molecule has 5 nitrogen and oxygen atoms in total. The number of nitrogens with one attached hydrogen (secondary N) is 1. The summed E-state index contributed by atoms with van der Waals surface area (Å²) in [7, 11) is 0. The number of hydrogen-bond acceptors (Lipinski definition) is 4. The number of fused-ring (bicyclic) bond motifs is 1. The molecular formula is C17H12F3N3O2. The largest absolute Gasteiger partial charge is 0.478 e. The number of halogens is 3. The lowest BCUT2D eigenvalue weighted by molar-refractivity contribution is -0.144. The molecule has 0 aliphatic heterocycles. The zero-order chi connectivity index (χ0) is 18.2. The summed E-state index contributed by atoms with van der Waals surface area (Å²) in [5, 5.41) is 12.3. The second kappa shape index (κ2) is 6.04. The third-order valence-electron chi connectivity index (χ3n) is 3.59. The van der Waals surface area contributed by atoms with E-state index in [2.05, 4.69) is 15.3 Å². The maximum Gasteiger partial charge on any atom is 0.451 e. The molecule has 0 bridgehead atoms. The van der Waals surface area contributed by atoms with Crippen LogP contribution in [0.4, 0.5) is 24.7 Å². The quantitative estimate of drug-likeness (QED) is 0.734. The summed E-state index contributed by atoms with van der Waals surface area (Å²) >= 11 is 0. The summed E-state index contributed by atoms with van der Waals surface area (Å²) in [6.07, 6.45) is -4.70. The number of para-hydroxylation sites is 1. The number of carboxylic acid groups (broad SMARTS) is 1. The Bertz CT molecular complexity index is 971. The minimum Gasteiger partial charge on any atom is -0.478 e. The van der Waals surface area contributed by atoms with Gasteiger partial charge in [0.2, 0.25) is 5.82 Å². The third kappa shape index (κ3) is 3.37. The maximum absolute atomic E-state index is 13.1. The molecule has 1 aromatic heterocycles. The minimum atomic E-state index is -4.70. The van der Waals surface area contributed by atoms with Crippen LogP contribution in [-0.4, -0.2) is 21.0 Å². The molecule has 0 aliphatic carbocycles. The topological polar surface area (TPSA) is 75.1 Å². The number of carboxylic acids is 1. The Kier molecular flexibility index (Phi) is 4.03. The van der Waals surface area contributed by atoms with Crippen LogP contribution < -0.4 is 5.32 Å². The lowest BCUT2D eigenvalue weighted by Crippen LogP contribution is -2.13. The van der Waals surface area contributed by atoms with Crippen molar-refractivity contribution in [1.82, 2.24) is 9.97 Å². The first-order valence-corrected chi connectivity index (χ1v) is 7.20. The van der Waals surface area contributed by atoms with E-state index in [1.54, 1.807) is 31.2 Å². The van der Waals surface area contributed by atoms with Crippen LogP contribution in [0.15, 0.2) is 42.5 Å². The molecule has 3 aromatic rings. The van der Waals surface area contributed by atoms with Crippen LogP contribution >= 0.6 is 0 Å². The van der Waals surface area contributed by atoms with Gasteiger partial charge in [0.25, 0.3) is 0 Å². The molecular weight excluding hydrogens is 335 g/mol. The minimum absolute atomic E-state index is 0.0162. The van der Waals surface area contributed by atoms with Crippen LogP contribution in [0.5, 0.6) is 0 Å². The maximum atomic E-state index is 13.1. The lowest BCUT2D eigenvalue weighted by atomic mass is 10.1. The number of alkyl halides is 3. The summed E-state index contributed by atoms with van der Waals surface area (Å²) in [5.41, 5.74) is 1.18. The van der Waals surface area contributed by atoms with Crippen molar-refractivity contribution in [3.8, 4) is 0 Å². The van der Waals surface area contributed by atoms with E-state index < -0.39 is 18.0 Å². The summed E-state index contributed by atoms with van der Waals surface area (Å²) in [6.45, 7) is 1.71. The average molecular weight is 347 g/mol. The number of rotatable bonds is 3. The van der Waals surface area contributed by atoms with E-state index >= 15 is 0 Å². The van der Waals surface area contributed by atoms with Crippen molar-refractivity contribution in [2.75, 3.05) is 5.32 Å². The van der Waals surface area contributed by atoms with E-state index in [0.717, 1.165) is 0 Å². The van der Waals surface area contributed by atoms with E-state index in [1.807, 2.05) is 0 Å². The molecule has 128 valence electrons. The molecule has 0 aliphatic rings. The highest BCUT2D eigenvalue weighted by Crippen LogP contribution is 2.32. The number of aromatic carboxylic acids is 1. The molecule has 0 atom stereocenters. The normalized spacial score (nSPS) is 11.5. The molecule has 0 unspecified atom stereocenters. The molecule has 0 saturated heterocycles. The van der Waals surface area contributed by atoms with Crippen molar-refractivity contribution in [2.45, 2.75) is 13.1 Å². The average Bonchev–Trinajstić information content (AvgIpc) is 2.55. The molecule has 2 aromatic carbocycles. The second-order valence-electron chi connectivity index (χ2n) is 5.37. The van der Waals surface area contributed by atoms with Crippen molar-refractivity contribution in [3.05, 3.63) is 59.4 Å². The molecule has 0 amide bonds.